The van der Waals surface area contributed by atoms with Crippen LogP contribution in [-0.2, 0) is 6.54 Å². The molecule has 0 aromatic carbocycles. The fourth-order valence-corrected chi connectivity index (χ4v) is 1.77. The van der Waals surface area contributed by atoms with Gasteiger partial charge in [-0.3, -0.25) is 4.98 Å². The number of hydrogen-bond acceptors (Lipinski definition) is 3. The largest absolute Gasteiger partial charge is 0.336 e. The molecule has 92 valence electrons. The van der Waals surface area contributed by atoms with Crippen molar-refractivity contribution < 1.29 is 4.79 Å². The van der Waals surface area contributed by atoms with Gasteiger partial charge in [0.05, 0.1) is 0 Å². The van der Waals surface area contributed by atoms with Gasteiger partial charge in [-0.05, 0) is 18.6 Å². The van der Waals surface area contributed by atoms with E-state index in [4.69, 9.17) is 0 Å². The van der Waals surface area contributed by atoms with E-state index in [1.165, 1.54) is 5.56 Å². The van der Waals surface area contributed by atoms with Crippen LogP contribution >= 0.6 is 0 Å². The normalized spacial score (nSPS) is 15.1. The molecular formula is C12H18N4O. The molecule has 2 N–H and O–H groups in total. The molecule has 0 radical (unpaired) electrons. The smallest absolute Gasteiger partial charge is 0.317 e. The molecule has 0 aliphatic carbocycles. The van der Waals surface area contributed by atoms with Crippen LogP contribution in [0.3, 0.4) is 0 Å². The molecule has 0 spiro atoms. The molecule has 0 saturated carbocycles. The molecule has 1 aliphatic heterocycles. The van der Waals surface area contributed by atoms with E-state index in [0.29, 0.717) is 0 Å². The average Bonchev–Trinajstić information content (AvgIpc) is 2.73. The minimum atomic E-state index is 0.0452. The van der Waals surface area contributed by atoms with Crippen LogP contribution in [0.1, 0.15) is 11.3 Å². The van der Waals surface area contributed by atoms with Crippen molar-refractivity contribution in [3.05, 3.63) is 29.6 Å². The Kier molecular flexibility index (Phi) is 3.93. The lowest BCUT2D eigenvalue weighted by Gasteiger charge is -2.14. The van der Waals surface area contributed by atoms with Crippen LogP contribution in [0.5, 0.6) is 0 Å². The van der Waals surface area contributed by atoms with Gasteiger partial charge >= 0.3 is 6.03 Å². The minimum absolute atomic E-state index is 0.0452. The summed E-state index contributed by atoms with van der Waals surface area (Å²) in [6.07, 6.45) is 1.88. The van der Waals surface area contributed by atoms with Gasteiger partial charge in [0.1, 0.15) is 0 Å². The zero-order valence-electron chi connectivity index (χ0n) is 10.1. The Morgan fingerprint density at radius 3 is 3.06 bits per heavy atom. The van der Waals surface area contributed by atoms with Crippen LogP contribution in [0.25, 0.3) is 0 Å². The minimum Gasteiger partial charge on any atom is -0.336 e. The highest BCUT2D eigenvalue weighted by Crippen LogP contribution is 1.99. The monoisotopic (exact) mass is 234 g/mol. The maximum Gasteiger partial charge on any atom is 0.317 e. The zero-order chi connectivity index (χ0) is 12.1. The third-order valence-electron chi connectivity index (χ3n) is 2.81. The third kappa shape index (κ3) is 3.42. The molecule has 1 aliphatic rings. The summed E-state index contributed by atoms with van der Waals surface area (Å²) in [7, 11) is 0. The van der Waals surface area contributed by atoms with Gasteiger partial charge in [-0.1, -0.05) is 6.07 Å². The molecule has 1 aromatic heterocycles. The maximum absolute atomic E-state index is 11.3. The number of carbonyl (C=O) groups is 1. The third-order valence-corrected chi connectivity index (χ3v) is 2.81. The Morgan fingerprint density at radius 2 is 2.41 bits per heavy atom. The molecule has 2 rings (SSSR count). The number of pyridine rings is 1. The van der Waals surface area contributed by atoms with Crippen LogP contribution in [-0.4, -0.2) is 42.1 Å². The molecule has 1 fully saturated rings. The SMILES string of the molecule is Cc1ccc(CNCCN2CCNC2=O)cn1. The predicted molar refractivity (Wildman–Crippen MR) is 65.7 cm³/mol. The number of hydrogen-bond donors (Lipinski definition) is 2. The second-order valence-electron chi connectivity index (χ2n) is 4.20. The van der Waals surface area contributed by atoms with Gasteiger partial charge in [-0.25, -0.2) is 4.79 Å². The predicted octanol–water partition coefficient (Wildman–Crippen LogP) is 0.505. The van der Waals surface area contributed by atoms with Crippen molar-refractivity contribution in [2.45, 2.75) is 13.5 Å². The Balaban J connectivity index is 1.66. The maximum atomic E-state index is 11.3. The van der Waals surface area contributed by atoms with Crippen LogP contribution in [0, 0.1) is 6.92 Å². The van der Waals surface area contributed by atoms with Crippen molar-refractivity contribution in [2.24, 2.45) is 0 Å². The van der Waals surface area contributed by atoms with Crippen molar-refractivity contribution in [2.75, 3.05) is 26.2 Å². The van der Waals surface area contributed by atoms with E-state index < -0.39 is 0 Å². The molecule has 5 heteroatoms. The van der Waals surface area contributed by atoms with Gasteiger partial charge in [0, 0.05) is 44.6 Å². The first-order valence-electron chi connectivity index (χ1n) is 5.91. The Labute approximate surface area is 101 Å². The molecule has 1 aromatic rings. The van der Waals surface area contributed by atoms with E-state index in [2.05, 4.69) is 21.7 Å². The summed E-state index contributed by atoms with van der Waals surface area (Å²) in [5.41, 5.74) is 2.20. The summed E-state index contributed by atoms with van der Waals surface area (Å²) < 4.78 is 0. The lowest BCUT2D eigenvalue weighted by molar-refractivity contribution is 0.217. The van der Waals surface area contributed by atoms with Gasteiger partial charge in [0.2, 0.25) is 0 Å². The fraction of sp³-hybridized carbons (Fsp3) is 0.500. The number of nitrogens with one attached hydrogen (secondary N) is 2. The highest BCUT2D eigenvalue weighted by atomic mass is 16.2. The second-order valence-corrected chi connectivity index (χ2v) is 4.20. The standard InChI is InChI=1S/C12H18N4O/c1-10-2-3-11(9-15-10)8-13-4-6-16-7-5-14-12(16)17/h2-3,9,13H,4-8H2,1H3,(H,14,17). The Hall–Kier alpha value is -1.62. The summed E-state index contributed by atoms with van der Waals surface area (Å²) in [5, 5.41) is 6.09. The van der Waals surface area contributed by atoms with Crippen LogP contribution in [0.2, 0.25) is 0 Å². The molecular weight excluding hydrogens is 216 g/mol. The van der Waals surface area contributed by atoms with Gasteiger partial charge in [0.15, 0.2) is 0 Å². The van der Waals surface area contributed by atoms with Gasteiger partial charge in [0.25, 0.3) is 0 Å². The van der Waals surface area contributed by atoms with Crippen molar-refractivity contribution in [1.82, 2.24) is 20.5 Å². The van der Waals surface area contributed by atoms with E-state index in [9.17, 15) is 4.79 Å². The van der Waals surface area contributed by atoms with Crippen molar-refractivity contribution in [3.63, 3.8) is 0 Å². The molecule has 5 nitrogen and oxygen atoms in total. The van der Waals surface area contributed by atoms with E-state index in [-0.39, 0.29) is 6.03 Å². The zero-order valence-corrected chi connectivity index (χ0v) is 10.1. The summed E-state index contributed by atoms with van der Waals surface area (Å²) in [5.74, 6) is 0. The number of nitrogens with zero attached hydrogens (tertiary/aromatic N) is 2. The first-order chi connectivity index (χ1) is 8.25. The van der Waals surface area contributed by atoms with Crippen molar-refractivity contribution in [1.29, 1.82) is 0 Å². The van der Waals surface area contributed by atoms with Gasteiger partial charge < -0.3 is 15.5 Å². The lowest BCUT2D eigenvalue weighted by Crippen LogP contribution is -2.34. The average molecular weight is 234 g/mol. The van der Waals surface area contributed by atoms with Crippen LogP contribution in [0.15, 0.2) is 18.3 Å². The molecule has 1 saturated heterocycles. The van der Waals surface area contributed by atoms with E-state index in [1.807, 2.05) is 24.1 Å². The fourth-order valence-electron chi connectivity index (χ4n) is 1.77. The molecule has 0 bridgehead atoms. The second kappa shape index (κ2) is 5.63. The highest BCUT2D eigenvalue weighted by molar-refractivity contribution is 5.76. The van der Waals surface area contributed by atoms with Crippen LogP contribution in [0.4, 0.5) is 4.79 Å². The molecule has 2 heterocycles. The van der Waals surface area contributed by atoms with E-state index in [0.717, 1.165) is 38.4 Å². The Bertz CT molecular complexity index is 377. The molecule has 17 heavy (non-hydrogen) atoms. The van der Waals surface area contributed by atoms with Gasteiger partial charge in [-0.15, -0.1) is 0 Å². The number of urea groups is 1. The van der Waals surface area contributed by atoms with Crippen LogP contribution < -0.4 is 10.6 Å². The summed E-state index contributed by atoms with van der Waals surface area (Å²) in [6.45, 7) is 5.91. The molecule has 2 amide bonds. The van der Waals surface area contributed by atoms with E-state index >= 15 is 0 Å². The van der Waals surface area contributed by atoms with Crippen molar-refractivity contribution >= 4 is 6.03 Å². The number of aromatic nitrogens is 1. The number of aryl methyl sites for hydroxylation is 1. The summed E-state index contributed by atoms with van der Waals surface area (Å²) >= 11 is 0. The van der Waals surface area contributed by atoms with E-state index in [1.54, 1.807) is 0 Å². The Morgan fingerprint density at radius 1 is 1.53 bits per heavy atom. The quantitative estimate of drug-likeness (QED) is 0.730. The highest BCUT2D eigenvalue weighted by Gasteiger charge is 2.17. The lowest BCUT2D eigenvalue weighted by atomic mass is 10.2. The first kappa shape index (κ1) is 11.9. The number of carbonyl (C=O) groups excluding carboxylic acids is 1. The number of rotatable bonds is 5. The number of amides is 2. The summed E-state index contributed by atoms with van der Waals surface area (Å²) in [6, 6.07) is 4.12. The van der Waals surface area contributed by atoms with Crippen molar-refractivity contribution in [3.8, 4) is 0 Å². The topological polar surface area (TPSA) is 57.3 Å². The summed E-state index contributed by atoms with van der Waals surface area (Å²) in [4.78, 5) is 17.3. The first-order valence-corrected chi connectivity index (χ1v) is 5.91. The molecule has 0 unspecified atom stereocenters. The molecule has 0 atom stereocenters. The van der Waals surface area contributed by atoms with Gasteiger partial charge in [-0.2, -0.15) is 0 Å².